The largest absolute Gasteiger partial charge is 0.490 e. The number of benzene rings is 2. The van der Waals surface area contributed by atoms with Crippen LogP contribution in [0.1, 0.15) is 22.8 Å². The van der Waals surface area contributed by atoms with E-state index in [0.29, 0.717) is 23.7 Å². The molecule has 3 N–H and O–H groups in total. The lowest BCUT2D eigenvalue weighted by molar-refractivity contribution is 0.0728. The summed E-state index contributed by atoms with van der Waals surface area (Å²) in [6.07, 6.45) is 1.53. The Morgan fingerprint density at radius 2 is 2.00 bits per heavy atom. The zero-order valence-corrected chi connectivity index (χ0v) is 13.9. The third kappa shape index (κ3) is 5.06. The van der Waals surface area contributed by atoms with Crippen molar-refractivity contribution in [2.45, 2.75) is 6.92 Å². The second-order valence-electron chi connectivity index (χ2n) is 4.63. The van der Waals surface area contributed by atoms with Gasteiger partial charge >= 0.3 is 5.97 Å². The predicted molar refractivity (Wildman–Crippen MR) is 96.5 cm³/mol. The third-order valence-corrected chi connectivity index (χ3v) is 2.96. The molecule has 6 nitrogen and oxygen atoms in total. The van der Waals surface area contributed by atoms with Gasteiger partial charge < -0.3 is 15.2 Å². The number of nitrogens with two attached hydrogens (primary N) is 1. The maximum absolute atomic E-state index is 12.2. The van der Waals surface area contributed by atoms with Crippen molar-refractivity contribution in [1.82, 2.24) is 5.43 Å². The Morgan fingerprint density at radius 3 is 2.67 bits per heavy atom. The van der Waals surface area contributed by atoms with Gasteiger partial charge in [-0.15, -0.1) is 0 Å². The number of ether oxygens (including phenoxy) is 2. The number of rotatable bonds is 6. The lowest BCUT2D eigenvalue weighted by Gasteiger charge is -2.11. The minimum atomic E-state index is -0.451. The molecule has 0 aliphatic rings. The summed E-state index contributed by atoms with van der Waals surface area (Å²) in [7, 11) is 0. The summed E-state index contributed by atoms with van der Waals surface area (Å²) in [5.41, 5.74) is 8.96. The van der Waals surface area contributed by atoms with E-state index in [1.807, 2.05) is 13.0 Å². The molecule has 0 fully saturated rings. The van der Waals surface area contributed by atoms with Gasteiger partial charge in [-0.2, -0.15) is 5.10 Å². The molecule has 2 aromatic rings. The Bertz CT molecular complexity index is 748. The molecule has 0 atom stereocenters. The first kappa shape index (κ1) is 17.4. The van der Waals surface area contributed by atoms with Crippen LogP contribution in [-0.4, -0.2) is 23.9 Å². The van der Waals surface area contributed by atoms with E-state index in [1.54, 1.807) is 42.5 Å². The highest BCUT2D eigenvalue weighted by molar-refractivity contribution is 7.80. The number of carbonyl (C=O) groups is 1. The Hall–Kier alpha value is -2.93. The van der Waals surface area contributed by atoms with E-state index in [4.69, 9.17) is 15.2 Å². The van der Waals surface area contributed by atoms with Crippen LogP contribution in [-0.2, 0) is 0 Å². The number of hydrogen-bond donors (Lipinski definition) is 2. The van der Waals surface area contributed by atoms with Crippen LogP contribution in [0.5, 0.6) is 11.5 Å². The Labute approximate surface area is 145 Å². The van der Waals surface area contributed by atoms with Gasteiger partial charge in [-0.1, -0.05) is 18.2 Å². The molecule has 0 spiro atoms. The number of hydrogen-bond acceptors (Lipinski definition) is 5. The SMILES string of the molecule is CCOc1cc(/C=N/NC(N)=S)ccc1OC(=O)c1ccccc1. The molecule has 0 saturated carbocycles. The zero-order chi connectivity index (χ0) is 17.4. The maximum atomic E-state index is 12.2. The summed E-state index contributed by atoms with van der Waals surface area (Å²) in [4.78, 5) is 12.2. The molecule has 24 heavy (non-hydrogen) atoms. The Morgan fingerprint density at radius 1 is 1.25 bits per heavy atom. The predicted octanol–water partition coefficient (Wildman–Crippen LogP) is 2.47. The average molecular weight is 343 g/mol. The van der Waals surface area contributed by atoms with Crippen molar-refractivity contribution >= 4 is 29.5 Å². The van der Waals surface area contributed by atoms with Crippen LogP contribution in [0.2, 0.25) is 0 Å². The van der Waals surface area contributed by atoms with Gasteiger partial charge in [0.1, 0.15) is 0 Å². The van der Waals surface area contributed by atoms with E-state index in [-0.39, 0.29) is 5.11 Å². The average Bonchev–Trinajstić information content (AvgIpc) is 2.57. The van der Waals surface area contributed by atoms with Crippen LogP contribution in [0.15, 0.2) is 53.6 Å². The number of nitrogens with zero attached hydrogens (tertiary/aromatic N) is 1. The minimum absolute atomic E-state index is 0.0738. The van der Waals surface area contributed by atoms with Gasteiger partial charge in [-0.3, -0.25) is 5.43 Å². The molecule has 0 radical (unpaired) electrons. The molecule has 7 heteroatoms. The van der Waals surface area contributed by atoms with E-state index in [1.165, 1.54) is 6.21 Å². The number of carbonyl (C=O) groups excluding carboxylic acids is 1. The smallest absolute Gasteiger partial charge is 0.343 e. The molecule has 0 amide bonds. The molecule has 2 aromatic carbocycles. The minimum Gasteiger partial charge on any atom is -0.490 e. The van der Waals surface area contributed by atoms with Crippen LogP contribution in [0, 0.1) is 0 Å². The van der Waals surface area contributed by atoms with Gasteiger partial charge in [0.2, 0.25) is 0 Å². The molecule has 0 heterocycles. The van der Waals surface area contributed by atoms with E-state index in [0.717, 1.165) is 5.56 Å². The monoisotopic (exact) mass is 343 g/mol. The highest BCUT2D eigenvalue weighted by Gasteiger charge is 2.12. The Balaban J connectivity index is 2.18. The second kappa shape index (κ2) is 8.64. The third-order valence-electron chi connectivity index (χ3n) is 2.87. The second-order valence-corrected chi connectivity index (χ2v) is 5.07. The maximum Gasteiger partial charge on any atom is 0.343 e. The molecule has 0 aliphatic heterocycles. The van der Waals surface area contributed by atoms with E-state index in [2.05, 4.69) is 22.7 Å². The van der Waals surface area contributed by atoms with Gasteiger partial charge in [-0.05, 0) is 55.0 Å². The number of hydrazone groups is 1. The fourth-order valence-electron chi connectivity index (χ4n) is 1.86. The van der Waals surface area contributed by atoms with E-state index in [9.17, 15) is 4.79 Å². The van der Waals surface area contributed by atoms with Crippen molar-refractivity contribution in [3.8, 4) is 11.5 Å². The highest BCUT2D eigenvalue weighted by atomic mass is 32.1. The summed E-state index contributed by atoms with van der Waals surface area (Å²) in [5, 5.41) is 3.95. The van der Waals surface area contributed by atoms with E-state index < -0.39 is 5.97 Å². The number of thiocarbonyl (C=S) groups is 1. The van der Waals surface area contributed by atoms with Crippen LogP contribution in [0.3, 0.4) is 0 Å². The molecule has 0 saturated heterocycles. The zero-order valence-electron chi connectivity index (χ0n) is 13.1. The molecule has 124 valence electrons. The molecule has 0 aliphatic carbocycles. The molecular weight excluding hydrogens is 326 g/mol. The fourth-order valence-corrected chi connectivity index (χ4v) is 1.91. The van der Waals surface area contributed by atoms with Crippen LogP contribution >= 0.6 is 12.2 Å². The van der Waals surface area contributed by atoms with Gasteiger partial charge in [-0.25, -0.2) is 4.79 Å². The lowest BCUT2D eigenvalue weighted by Crippen LogP contribution is -2.23. The van der Waals surface area contributed by atoms with Gasteiger partial charge in [0, 0.05) is 0 Å². The molecule has 2 rings (SSSR count). The summed E-state index contributed by atoms with van der Waals surface area (Å²) < 4.78 is 10.9. The molecular formula is C17H17N3O3S. The van der Waals surface area contributed by atoms with Crippen molar-refractivity contribution < 1.29 is 14.3 Å². The van der Waals surface area contributed by atoms with Gasteiger partial charge in [0.05, 0.1) is 18.4 Å². The fraction of sp³-hybridized carbons (Fsp3) is 0.118. The topological polar surface area (TPSA) is 85.9 Å². The summed E-state index contributed by atoms with van der Waals surface area (Å²) in [5.74, 6) is 0.333. The first-order chi connectivity index (χ1) is 11.6. The van der Waals surface area contributed by atoms with Crippen molar-refractivity contribution in [3.63, 3.8) is 0 Å². The first-order valence-electron chi connectivity index (χ1n) is 7.22. The van der Waals surface area contributed by atoms with Gasteiger partial charge in [0.25, 0.3) is 0 Å². The summed E-state index contributed by atoms with van der Waals surface area (Å²) >= 11 is 4.66. The van der Waals surface area contributed by atoms with E-state index >= 15 is 0 Å². The van der Waals surface area contributed by atoms with Crippen LogP contribution in [0.4, 0.5) is 0 Å². The number of nitrogens with one attached hydrogen (secondary N) is 1. The standard InChI is InChI=1S/C17H17N3O3S/c1-2-22-15-10-12(11-19-20-17(18)24)8-9-14(15)23-16(21)13-6-4-3-5-7-13/h3-11H,2H2,1H3,(H3,18,20,24)/b19-11+. The van der Waals surface area contributed by atoms with Crippen molar-refractivity contribution in [1.29, 1.82) is 0 Å². The molecule has 0 aromatic heterocycles. The van der Waals surface area contributed by atoms with Crippen molar-refractivity contribution in [2.75, 3.05) is 6.61 Å². The molecule has 0 unspecified atom stereocenters. The quantitative estimate of drug-likeness (QED) is 0.275. The molecule has 0 bridgehead atoms. The summed E-state index contributed by atoms with van der Waals surface area (Å²) in [6, 6.07) is 13.8. The van der Waals surface area contributed by atoms with Crippen LogP contribution in [0.25, 0.3) is 0 Å². The Kier molecular flexibility index (Phi) is 6.27. The van der Waals surface area contributed by atoms with Gasteiger partial charge in [0.15, 0.2) is 16.6 Å². The lowest BCUT2D eigenvalue weighted by atomic mass is 10.2. The normalized spacial score (nSPS) is 10.4. The first-order valence-corrected chi connectivity index (χ1v) is 7.63. The van der Waals surface area contributed by atoms with Crippen LogP contribution < -0.4 is 20.6 Å². The van der Waals surface area contributed by atoms with Crippen molar-refractivity contribution in [2.24, 2.45) is 10.8 Å². The highest BCUT2D eigenvalue weighted by Crippen LogP contribution is 2.28. The van der Waals surface area contributed by atoms with Crippen molar-refractivity contribution in [3.05, 3.63) is 59.7 Å². The summed E-state index contributed by atoms with van der Waals surface area (Å²) in [6.45, 7) is 2.28. The number of esters is 1.